The van der Waals surface area contributed by atoms with E-state index in [0.29, 0.717) is 4.90 Å². The molecule has 1 N–H and O–H groups in total. The summed E-state index contributed by atoms with van der Waals surface area (Å²) >= 11 is 1.59. The minimum atomic E-state index is -3.36. The summed E-state index contributed by atoms with van der Waals surface area (Å²) < 4.78 is 26.4. The molecular weight excluding hydrogens is 242 g/mol. The zero-order valence-corrected chi connectivity index (χ0v) is 11.4. The van der Waals surface area contributed by atoms with Gasteiger partial charge in [0.05, 0.1) is 4.90 Å². The monoisotopic (exact) mass is 259 g/mol. The quantitative estimate of drug-likeness (QED) is 0.826. The number of benzene rings is 1. The van der Waals surface area contributed by atoms with Gasteiger partial charge in [0.15, 0.2) is 0 Å². The summed E-state index contributed by atoms with van der Waals surface area (Å²) in [7, 11) is -3.36. The van der Waals surface area contributed by atoms with Crippen molar-refractivity contribution in [2.24, 2.45) is 0 Å². The topological polar surface area (TPSA) is 46.2 Å². The van der Waals surface area contributed by atoms with Crippen LogP contribution in [0.15, 0.2) is 34.1 Å². The van der Waals surface area contributed by atoms with E-state index < -0.39 is 10.0 Å². The Morgan fingerprint density at radius 3 is 2.31 bits per heavy atom. The normalized spacial score (nSPS) is 13.7. The van der Waals surface area contributed by atoms with Gasteiger partial charge in [-0.3, -0.25) is 0 Å². The summed E-state index contributed by atoms with van der Waals surface area (Å²) in [5.74, 6) is 0. The molecule has 1 aromatic rings. The molecule has 0 amide bonds. The maximum Gasteiger partial charge on any atom is 0.240 e. The van der Waals surface area contributed by atoms with Gasteiger partial charge in [-0.1, -0.05) is 6.92 Å². The molecule has 0 aliphatic rings. The SMILES string of the molecule is CC[C@@H](C)NS(=O)(=O)c1ccc(SC)cc1. The first kappa shape index (κ1) is 13.5. The molecular formula is C11H17NO2S2. The Morgan fingerprint density at radius 1 is 1.31 bits per heavy atom. The highest BCUT2D eigenvalue weighted by Crippen LogP contribution is 2.17. The Kier molecular flexibility index (Phi) is 4.83. The standard InChI is InChI=1S/C11H17NO2S2/c1-4-9(2)12-16(13,14)11-7-5-10(15-3)6-8-11/h5-9,12H,4H2,1-3H3/t9-/m1/s1. The highest BCUT2D eigenvalue weighted by Gasteiger charge is 2.15. The van der Waals surface area contributed by atoms with Crippen molar-refractivity contribution in [1.29, 1.82) is 0 Å². The summed E-state index contributed by atoms with van der Waals surface area (Å²) in [6.07, 6.45) is 2.74. The average molecular weight is 259 g/mol. The van der Waals surface area contributed by atoms with Crippen LogP contribution in [0.4, 0.5) is 0 Å². The molecule has 3 nitrogen and oxygen atoms in total. The second-order valence-electron chi connectivity index (χ2n) is 3.61. The summed E-state index contributed by atoms with van der Waals surface area (Å²) in [5.41, 5.74) is 0. The van der Waals surface area contributed by atoms with E-state index in [0.717, 1.165) is 11.3 Å². The van der Waals surface area contributed by atoms with Gasteiger partial charge in [0.2, 0.25) is 10.0 Å². The zero-order valence-electron chi connectivity index (χ0n) is 9.73. The van der Waals surface area contributed by atoms with E-state index in [1.54, 1.807) is 23.9 Å². The van der Waals surface area contributed by atoms with Crippen LogP contribution < -0.4 is 4.72 Å². The summed E-state index contributed by atoms with van der Waals surface area (Å²) in [4.78, 5) is 1.38. The second-order valence-corrected chi connectivity index (χ2v) is 6.20. The molecule has 1 rings (SSSR count). The van der Waals surface area contributed by atoms with Crippen molar-refractivity contribution in [3.05, 3.63) is 24.3 Å². The molecule has 0 heterocycles. The number of sulfonamides is 1. The number of hydrogen-bond donors (Lipinski definition) is 1. The fourth-order valence-corrected chi connectivity index (χ4v) is 2.91. The molecule has 1 aromatic carbocycles. The van der Waals surface area contributed by atoms with Crippen LogP contribution in [0.25, 0.3) is 0 Å². The smallest absolute Gasteiger partial charge is 0.208 e. The van der Waals surface area contributed by atoms with Crippen molar-refractivity contribution >= 4 is 21.8 Å². The van der Waals surface area contributed by atoms with E-state index >= 15 is 0 Å². The number of rotatable bonds is 5. The van der Waals surface area contributed by atoms with Gasteiger partial charge < -0.3 is 0 Å². The minimum Gasteiger partial charge on any atom is -0.208 e. The lowest BCUT2D eigenvalue weighted by Crippen LogP contribution is -2.31. The minimum absolute atomic E-state index is 0.0368. The molecule has 0 spiro atoms. The van der Waals surface area contributed by atoms with Crippen LogP contribution in [0.1, 0.15) is 20.3 Å². The Morgan fingerprint density at radius 2 is 1.88 bits per heavy atom. The maximum absolute atomic E-state index is 11.9. The average Bonchev–Trinajstić information content (AvgIpc) is 2.28. The molecule has 0 radical (unpaired) electrons. The van der Waals surface area contributed by atoms with E-state index in [1.807, 2.05) is 32.2 Å². The van der Waals surface area contributed by atoms with Crippen LogP contribution in [0, 0.1) is 0 Å². The maximum atomic E-state index is 11.9. The molecule has 5 heteroatoms. The lowest BCUT2D eigenvalue weighted by molar-refractivity contribution is 0.556. The Balaban J connectivity index is 2.90. The number of nitrogens with one attached hydrogen (secondary N) is 1. The Hall–Kier alpha value is -0.520. The van der Waals surface area contributed by atoms with Gasteiger partial charge >= 0.3 is 0 Å². The lowest BCUT2D eigenvalue weighted by atomic mass is 10.3. The van der Waals surface area contributed by atoms with Crippen LogP contribution >= 0.6 is 11.8 Å². The fraction of sp³-hybridized carbons (Fsp3) is 0.455. The van der Waals surface area contributed by atoms with Gasteiger partial charge in [-0.2, -0.15) is 0 Å². The van der Waals surface area contributed by atoms with Crippen molar-refractivity contribution in [3.8, 4) is 0 Å². The van der Waals surface area contributed by atoms with Crippen LogP contribution in [0.3, 0.4) is 0 Å². The van der Waals surface area contributed by atoms with Gasteiger partial charge in [0.1, 0.15) is 0 Å². The number of hydrogen-bond acceptors (Lipinski definition) is 3. The highest BCUT2D eigenvalue weighted by atomic mass is 32.2. The van der Waals surface area contributed by atoms with Crippen LogP contribution in [0.2, 0.25) is 0 Å². The first-order valence-electron chi connectivity index (χ1n) is 5.16. The molecule has 0 bridgehead atoms. The molecule has 0 unspecified atom stereocenters. The lowest BCUT2D eigenvalue weighted by Gasteiger charge is -2.12. The third kappa shape index (κ3) is 3.50. The predicted octanol–water partition coefficient (Wildman–Crippen LogP) is 2.49. The van der Waals surface area contributed by atoms with E-state index in [9.17, 15) is 8.42 Å². The fourth-order valence-electron chi connectivity index (χ4n) is 1.17. The molecule has 0 fully saturated rings. The van der Waals surface area contributed by atoms with Crippen LogP contribution in [0.5, 0.6) is 0 Å². The van der Waals surface area contributed by atoms with Crippen molar-refractivity contribution < 1.29 is 8.42 Å². The van der Waals surface area contributed by atoms with E-state index in [2.05, 4.69) is 4.72 Å². The van der Waals surface area contributed by atoms with Gasteiger partial charge in [-0.05, 0) is 43.9 Å². The summed E-state index contributed by atoms with van der Waals surface area (Å²) in [6.45, 7) is 3.80. The molecule has 0 aromatic heterocycles. The van der Waals surface area contributed by atoms with Crippen molar-refractivity contribution in [2.45, 2.75) is 36.1 Å². The van der Waals surface area contributed by atoms with Gasteiger partial charge in [0.25, 0.3) is 0 Å². The predicted molar refractivity (Wildman–Crippen MR) is 68.3 cm³/mol. The van der Waals surface area contributed by atoms with Crippen molar-refractivity contribution in [1.82, 2.24) is 4.72 Å². The Bertz CT molecular complexity index is 426. The first-order chi connectivity index (χ1) is 7.49. The van der Waals surface area contributed by atoms with E-state index in [-0.39, 0.29) is 6.04 Å². The largest absolute Gasteiger partial charge is 0.240 e. The molecule has 90 valence electrons. The third-order valence-electron chi connectivity index (χ3n) is 2.34. The van der Waals surface area contributed by atoms with E-state index in [4.69, 9.17) is 0 Å². The van der Waals surface area contributed by atoms with E-state index in [1.165, 1.54) is 0 Å². The zero-order chi connectivity index (χ0) is 12.2. The highest BCUT2D eigenvalue weighted by molar-refractivity contribution is 7.98. The molecule has 0 saturated carbocycles. The van der Waals surface area contributed by atoms with Gasteiger partial charge in [-0.15, -0.1) is 11.8 Å². The van der Waals surface area contributed by atoms with Crippen molar-refractivity contribution in [2.75, 3.05) is 6.26 Å². The molecule has 1 atom stereocenters. The van der Waals surface area contributed by atoms with Gasteiger partial charge in [0, 0.05) is 10.9 Å². The third-order valence-corrected chi connectivity index (χ3v) is 4.69. The first-order valence-corrected chi connectivity index (χ1v) is 7.86. The van der Waals surface area contributed by atoms with Crippen LogP contribution in [-0.2, 0) is 10.0 Å². The summed E-state index contributed by atoms with van der Waals surface area (Å²) in [6, 6.07) is 6.86. The molecule has 0 saturated heterocycles. The van der Waals surface area contributed by atoms with Gasteiger partial charge in [-0.25, -0.2) is 13.1 Å². The summed E-state index contributed by atoms with van der Waals surface area (Å²) in [5, 5.41) is 0. The Labute approximate surface area is 102 Å². The molecule has 16 heavy (non-hydrogen) atoms. The molecule has 0 aliphatic carbocycles. The second kappa shape index (κ2) is 5.70. The van der Waals surface area contributed by atoms with Crippen LogP contribution in [-0.4, -0.2) is 20.7 Å². The number of thioether (sulfide) groups is 1. The molecule has 0 aliphatic heterocycles. The van der Waals surface area contributed by atoms with Crippen molar-refractivity contribution in [3.63, 3.8) is 0 Å².